The molecule has 0 aliphatic carbocycles. The van der Waals surface area contributed by atoms with Gasteiger partial charge < -0.3 is 10.1 Å². The van der Waals surface area contributed by atoms with Gasteiger partial charge in [0.05, 0.1) is 11.3 Å². The molecule has 24 heavy (non-hydrogen) atoms. The smallest absolute Gasteiger partial charge is 0.387 e. The number of benzene rings is 1. The third-order valence-corrected chi connectivity index (χ3v) is 3.10. The van der Waals surface area contributed by atoms with Crippen molar-refractivity contribution in [3.8, 4) is 11.6 Å². The second-order valence-corrected chi connectivity index (χ2v) is 4.65. The van der Waals surface area contributed by atoms with Crippen molar-refractivity contribution < 1.29 is 18.3 Å². The monoisotopic (exact) mass is 330 g/mol. The minimum absolute atomic E-state index is 0.00642. The molecule has 0 bridgehead atoms. The Morgan fingerprint density at radius 2 is 1.96 bits per heavy atom. The third kappa shape index (κ3) is 3.37. The number of amides is 1. The van der Waals surface area contributed by atoms with E-state index in [2.05, 4.69) is 20.1 Å². The Bertz CT molecular complexity index is 838. The molecule has 3 aromatic rings. The van der Waals surface area contributed by atoms with Crippen LogP contribution in [0.4, 0.5) is 14.5 Å². The van der Waals surface area contributed by atoms with E-state index in [1.54, 1.807) is 42.9 Å². The van der Waals surface area contributed by atoms with Crippen LogP contribution in [0.15, 0.2) is 61.1 Å². The van der Waals surface area contributed by atoms with E-state index in [9.17, 15) is 13.6 Å². The molecule has 0 aliphatic heterocycles. The van der Waals surface area contributed by atoms with Crippen LogP contribution in [-0.2, 0) is 0 Å². The van der Waals surface area contributed by atoms with Crippen LogP contribution in [0.1, 0.15) is 10.4 Å². The highest BCUT2D eigenvalue weighted by molar-refractivity contribution is 6.06. The number of nitrogens with one attached hydrogen (secondary N) is 1. The molecule has 6 nitrogen and oxygen atoms in total. The Balaban J connectivity index is 1.89. The van der Waals surface area contributed by atoms with Crippen LogP contribution >= 0.6 is 0 Å². The Labute approximate surface area is 135 Å². The number of ether oxygens (including phenoxy) is 1. The van der Waals surface area contributed by atoms with Gasteiger partial charge in [-0.1, -0.05) is 12.1 Å². The van der Waals surface area contributed by atoms with E-state index >= 15 is 0 Å². The summed E-state index contributed by atoms with van der Waals surface area (Å²) in [6.07, 6.45) is 4.80. The second kappa shape index (κ2) is 6.86. The molecule has 0 unspecified atom stereocenters. The van der Waals surface area contributed by atoms with Crippen LogP contribution in [0.3, 0.4) is 0 Å². The van der Waals surface area contributed by atoms with Crippen LogP contribution in [0.25, 0.3) is 5.82 Å². The summed E-state index contributed by atoms with van der Waals surface area (Å²) < 4.78 is 30.8. The molecule has 2 aromatic heterocycles. The number of aromatic nitrogens is 3. The molecular weight excluding hydrogens is 318 g/mol. The second-order valence-electron chi connectivity index (χ2n) is 4.65. The molecule has 0 spiro atoms. The topological polar surface area (TPSA) is 69.0 Å². The first-order chi connectivity index (χ1) is 11.6. The number of halogens is 2. The van der Waals surface area contributed by atoms with Crippen molar-refractivity contribution in [2.24, 2.45) is 0 Å². The van der Waals surface area contributed by atoms with Gasteiger partial charge in [-0.05, 0) is 30.3 Å². The molecule has 1 N–H and O–H groups in total. The summed E-state index contributed by atoms with van der Waals surface area (Å²) in [4.78, 5) is 16.6. The van der Waals surface area contributed by atoms with Gasteiger partial charge in [0.2, 0.25) is 0 Å². The Morgan fingerprint density at radius 1 is 1.12 bits per heavy atom. The molecule has 0 radical (unpaired) electrons. The summed E-state index contributed by atoms with van der Waals surface area (Å²) in [6, 6.07) is 10.8. The Morgan fingerprint density at radius 3 is 2.71 bits per heavy atom. The first kappa shape index (κ1) is 15.6. The van der Waals surface area contributed by atoms with Crippen molar-refractivity contribution in [1.82, 2.24) is 14.8 Å². The zero-order chi connectivity index (χ0) is 16.9. The van der Waals surface area contributed by atoms with Crippen LogP contribution in [-0.4, -0.2) is 27.3 Å². The maximum Gasteiger partial charge on any atom is 0.387 e. The first-order valence-electron chi connectivity index (χ1n) is 6.95. The van der Waals surface area contributed by atoms with Crippen molar-refractivity contribution in [3.63, 3.8) is 0 Å². The van der Waals surface area contributed by atoms with Gasteiger partial charge in [0.1, 0.15) is 5.75 Å². The van der Waals surface area contributed by atoms with Crippen molar-refractivity contribution in [3.05, 3.63) is 66.6 Å². The van der Waals surface area contributed by atoms with Crippen molar-refractivity contribution >= 4 is 11.6 Å². The number of pyridine rings is 1. The van der Waals surface area contributed by atoms with Gasteiger partial charge in [-0.2, -0.15) is 13.9 Å². The molecule has 0 atom stereocenters. The number of hydrogen-bond acceptors (Lipinski definition) is 4. The van der Waals surface area contributed by atoms with E-state index in [4.69, 9.17) is 0 Å². The summed E-state index contributed by atoms with van der Waals surface area (Å²) in [5, 5.41) is 6.70. The molecule has 1 aromatic carbocycles. The highest BCUT2D eigenvalue weighted by atomic mass is 19.3. The lowest BCUT2D eigenvalue weighted by Crippen LogP contribution is -2.16. The number of para-hydroxylation sites is 1. The molecule has 1 amide bonds. The van der Waals surface area contributed by atoms with Crippen LogP contribution in [0.5, 0.6) is 5.75 Å². The quantitative estimate of drug-likeness (QED) is 0.780. The van der Waals surface area contributed by atoms with Gasteiger partial charge in [-0.25, -0.2) is 9.67 Å². The number of alkyl halides is 2. The zero-order valence-electron chi connectivity index (χ0n) is 12.3. The van der Waals surface area contributed by atoms with E-state index in [1.807, 2.05) is 0 Å². The SMILES string of the molecule is O=C(Nc1cccnc1-n1cccn1)c1ccccc1OC(F)F. The minimum Gasteiger partial charge on any atom is -0.434 e. The van der Waals surface area contributed by atoms with Crippen molar-refractivity contribution in [1.29, 1.82) is 0 Å². The van der Waals surface area contributed by atoms with E-state index in [1.165, 1.54) is 22.9 Å². The van der Waals surface area contributed by atoms with Gasteiger partial charge in [-0.15, -0.1) is 0 Å². The first-order valence-corrected chi connectivity index (χ1v) is 6.95. The summed E-state index contributed by atoms with van der Waals surface area (Å²) in [6.45, 7) is -3.02. The molecule has 122 valence electrons. The molecular formula is C16H12F2N4O2. The largest absolute Gasteiger partial charge is 0.434 e. The summed E-state index contributed by atoms with van der Waals surface area (Å²) in [7, 11) is 0. The van der Waals surface area contributed by atoms with Crippen LogP contribution < -0.4 is 10.1 Å². The summed E-state index contributed by atoms with van der Waals surface area (Å²) >= 11 is 0. The van der Waals surface area contributed by atoms with Gasteiger partial charge in [0.15, 0.2) is 5.82 Å². The lowest BCUT2D eigenvalue weighted by Gasteiger charge is -2.12. The average Bonchev–Trinajstić information content (AvgIpc) is 3.09. The van der Waals surface area contributed by atoms with Gasteiger partial charge in [-0.3, -0.25) is 4.79 Å². The molecule has 8 heteroatoms. The fraction of sp³-hybridized carbons (Fsp3) is 0.0625. The van der Waals surface area contributed by atoms with Crippen molar-refractivity contribution in [2.45, 2.75) is 6.61 Å². The van der Waals surface area contributed by atoms with E-state index in [0.29, 0.717) is 11.5 Å². The number of hydrogen-bond donors (Lipinski definition) is 1. The maximum absolute atomic E-state index is 12.5. The highest BCUT2D eigenvalue weighted by Gasteiger charge is 2.17. The van der Waals surface area contributed by atoms with Crippen molar-refractivity contribution in [2.75, 3.05) is 5.32 Å². The predicted molar refractivity (Wildman–Crippen MR) is 82.4 cm³/mol. The van der Waals surface area contributed by atoms with Crippen LogP contribution in [0.2, 0.25) is 0 Å². The molecule has 0 saturated carbocycles. The predicted octanol–water partition coefficient (Wildman–Crippen LogP) is 3.12. The highest BCUT2D eigenvalue weighted by Crippen LogP contribution is 2.23. The van der Waals surface area contributed by atoms with Crippen LogP contribution in [0, 0.1) is 0 Å². The lowest BCUT2D eigenvalue weighted by molar-refractivity contribution is -0.0501. The van der Waals surface area contributed by atoms with Gasteiger partial charge in [0, 0.05) is 18.6 Å². The van der Waals surface area contributed by atoms with E-state index in [0.717, 1.165) is 0 Å². The maximum atomic E-state index is 12.5. The summed E-state index contributed by atoms with van der Waals surface area (Å²) in [5.74, 6) is -0.384. The number of rotatable bonds is 5. The van der Waals surface area contributed by atoms with E-state index < -0.39 is 12.5 Å². The number of anilines is 1. The normalized spacial score (nSPS) is 10.6. The standard InChI is InChI=1S/C16H12F2N4O2/c17-16(18)24-13-7-2-1-5-11(13)15(23)21-12-6-3-8-19-14(12)22-10-4-9-20-22/h1-10,16H,(H,21,23). The molecule has 0 aliphatic rings. The lowest BCUT2D eigenvalue weighted by atomic mass is 10.2. The van der Waals surface area contributed by atoms with Gasteiger partial charge >= 0.3 is 6.61 Å². The number of carbonyl (C=O) groups excluding carboxylic acids is 1. The molecule has 0 saturated heterocycles. The summed E-state index contributed by atoms with van der Waals surface area (Å²) in [5.41, 5.74) is 0.381. The average molecular weight is 330 g/mol. The minimum atomic E-state index is -3.02. The fourth-order valence-corrected chi connectivity index (χ4v) is 2.11. The molecule has 3 rings (SSSR count). The Hall–Kier alpha value is -3.29. The molecule has 2 heterocycles. The molecule has 0 fully saturated rings. The number of nitrogens with zero attached hydrogens (tertiary/aromatic N) is 3. The Kier molecular flexibility index (Phi) is 4.46. The van der Waals surface area contributed by atoms with Gasteiger partial charge in [0.25, 0.3) is 5.91 Å². The number of carbonyl (C=O) groups is 1. The third-order valence-electron chi connectivity index (χ3n) is 3.10. The zero-order valence-corrected chi connectivity index (χ0v) is 12.3. The fourth-order valence-electron chi connectivity index (χ4n) is 2.11. The van der Waals surface area contributed by atoms with E-state index in [-0.39, 0.29) is 11.3 Å².